The Hall–Kier alpha value is -2.18. The molecule has 0 amide bonds. The van der Waals surface area contributed by atoms with Crippen LogP contribution in [-0.4, -0.2) is 40.0 Å². The van der Waals surface area contributed by atoms with Gasteiger partial charge in [0, 0.05) is 6.08 Å². The quantitative estimate of drug-likeness (QED) is 0.388. The molecule has 1 aromatic rings. The van der Waals surface area contributed by atoms with Crippen molar-refractivity contribution in [2.75, 3.05) is 6.61 Å². The van der Waals surface area contributed by atoms with Crippen molar-refractivity contribution in [3.8, 4) is 5.75 Å². The smallest absolute Gasteiger partial charge is 0.342 e. The highest BCUT2D eigenvalue weighted by molar-refractivity contribution is 5.85. The van der Waals surface area contributed by atoms with Gasteiger partial charge in [0.2, 0.25) is 0 Å². The van der Waals surface area contributed by atoms with Crippen LogP contribution in [0.4, 0.5) is 0 Å². The fourth-order valence-electron chi connectivity index (χ4n) is 1.07. The van der Waals surface area contributed by atoms with Crippen molar-refractivity contribution < 1.29 is 29.6 Å². The Kier molecular flexibility index (Phi) is 5.04. The second-order valence-electron chi connectivity index (χ2n) is 3.36. The van der Waals surface area contributed by atoms with E-state index in [0.717, 1.165) is 6.08 Å². The molecule has 0 saturated carbocycles. The number of aliphatic carboxylic acids is 1. The van der Waals surface area contributed by atoms with Gasteiger partial charge in [-0.1, -0.05) is 12.1 Å². The van der Waals surface area contributed by atoms with Gasteiger partial charge < -0.3 is 20.1 Å². The first kappa shape index (κ1) is 13.9. The van der Waals surface area contributed by atoms with Crippen molar-refractivity contribution in [3.05, 3.63) is 35.9 Å². The number of carboxylic acids is 1. The first-order valence-electron chi connectivity index (χ1n) is 5.04. The van der Waals surface area contributed by atoms with Crippen LogP contribution in [0.5, 0.6) is 5.75 Å². The van der Waals surface area contributed by atoms with Gasteiger partial charge in [-0.05, 0) is 23.8 Å². The molecule has 6 nitrogen and oxygen atoms in total. The van der Waals surface area contributed by atoms with E-state index in [4.69, 9.17) is 20.1 Å². The third-order valence-electron chi connectivity index (χ3n) is 1.96. The summed E-state index contributed by atoms with van der Waals surface area (Å²) in [6, 6.07) is 5.99. The SMILES string of the molecule is O=C(O)C=Cc1ccc(OC(=O)C(O)CO)cc1. The topological polar surface area (TPSA) is 104 Å². The number of carbonyl (C=O) groups excluding carboxylic acids is 1. The number of carbonyl (C=O) groups is 2. The highest BCUT2D eigenvalue weighted by Crippen LogP contribution is 2.13. The Labute approximate surface area is 103 Å². The zero-order valence-corrected chi connectivity index (χ0v) is 9.31. The van der Waals surface area contributed by atoms with Crippen LogP contribution < -0.4 is 4.74 Å². The summed E-state index contributed by atoms with van der Waals surface area (Å²) in [6.45, 7) is -0.710. The minimum Gasteiger partial charge on any atom is -0.478 e. The summed E-state index contributed by atoms with van der Waals surface area (Å²) in [6.07, 6.45) is 0.795. The second-order valence-corrected chi connectivity index (χ2v) is 3.36. The van der Waals surface area contributed by atoms with Crippen molar-refractivity contribution in [3.63, 3.8) is 0 Å². The van der Waals surface area contributed by atoms with Crippen LogP contribution in [0, 0.1) is 0 Å². The Morgan fingerprint density at radius 2 is 1.89 bits per heavy atom. The van der Waals surface area contributed by atoms with Gasteiger partial charge in [0.15, 0.2) is 6.10 Å². The maximum Gasteiger partial charge on any atom is 0.342 e. The number of aliphatic hydroxyl groups excluding tert-OH is 2. The third kappa shape index (κ3) is 4.36. The standard InChI is InChI=1S/C12H12O6/c13-7-10(14)12(17)18-9-4-1-8(2-5-9)3-6-11(15)16/h1-6,10,13-14H,7H2,(H,15,16). The van der Waals surface area contributed by atoms with Crippen molar-refractivity contribution in [1.82, 2.24) is 0 Å². The lowest BCUT2D eigenvalue weighted by molar-refractivity contribution is -0.145. The van der Waals surface area contributed by atoms with Crippen LogP contribution in [-0.2, 0) is 9.59 Å². The van der Waals surface area contributed by atoms with Crippen LogP contribution in [0.15, 0.2) is 30.3 Å². The lowest BCUT2D eigenvalue weighted by atomic mass is 10.2. The molecule has 18 heavy (non-hydrogen) atoms. The molecule has 0 aliphatic heterocycles. The van der Waals surface area contributed by atoms with Crippen molar-refractivity contribution in [2.45, 2.75) is 6.10 Å². The van der Waals surface area contributed by atoms with Crippen LogP contribution in [0.1, 0.15) is 5.56 Å². The van der Waals surface area contributed by atoms with Crippen molar-refractivity contribution >= 4 is 18.0 Å². The number of hydrogen-bond donors (Lipinski definition) is 3. The lowest BCUT2D eigenvalue weighted by Crippen LogP contribution is -2.28. The molecule has 0 aliphatic carbocycles. The molecule has 1 atom stereocenters. The summed E-state index contributed by atoms with van der Waals surface area (Å²) < 4.78 is 4.76. The van der Waals surface area contributed by atoms with Crippen LogP contribution in [0.2, 0.25) is 0 Å². The predicted molar refractivity (Wildman–Crippen MR) is 61.8 cm³/mol. The number of carboxylic acid groups (broad SMARTS) is 1. The Bertz CT molecular complexity index is 448. The average molecular weight is 252 g/mol. The van der Waals surface area contributed by atoms with Gasteiger partial charge in [-0.3, -0.25) is 0 Å². The maximum absolute atomic E-state index is 11.1. The monoisotopic (exact) mass is 252 g/mol. The fourth-order valence-corrected chi connectivity index (χ4v) is 1.07. The summed E-state index contributed by atoms with van der Waals surface area (Å²) in [5.74, 6) is -1.82. The zero-order chi connectivity index (χ0) is 13.5. The van der Waals surface area contributed by atoms with E-state index in [9.17, 15) is 9.59 Å². The predicted octanol–water partition coefficient (Wildman–Crippen LogP) is 0.0430. The molecule has 0 aliphatic rings. The minimum absolute atomic E-state index is 0.194. The number of rotatable bonds is 5. The fraction of sp³-hybridized carbons (Fsp3) is 0.167. The Balaban J connectivity index is 2.66. The molecule has 0 spiro atoms. The second kappa shape index (κ2) is 6.53. The molecule has 0 bridgehead atoms. The first-order chi connectivity index (χ1) is 8.52. The van der Waals surface area contributed by atoms with Gasteiger partial charge in [-0.2, -0.15) is 0 Å². The number of esters is 1. The number of aliphatic hydroxyl groups is 2. The minimum atomic E-state index is -1.57. The third-order valence-corrected chi connectivity index (χ3v) is 1.96. The van der Waals surface area contributed by atoms with Gasteiger partial charge in [-0.25, -0.2) is 9.59 Å². The summed E-state index contributed by atoms with van der Waals surface area (Å²) in [4.78, 5) is 21.4. The van der Waals surface area contributed by atoms with Gasteiger partial charge in [0.05, 0.1) is 6.61 Å². The molecule has 96 valence electrons. The van der Waals surface area contributed by atoms with Crippen LogP contribution in [0.3, 0.4) is 0 Å². The van der Waals surface area contributed by atoms with E-state index in [1.807, 2.05) is 0 Å². The highest BCUT2D eigenvalue weighted by Gasteiger charge is 2.15. The number of ether oxygens (including phenoxy) is 1. The van der Waals surface area contributed by atoms with Crippen molar-refractivity contribution in [2.24, 2.45) is 0 Å². The van der Waals surface area contributed by atoms with E-state index in [0.29, 0.717) is 5.56 Å². The van der Waals surface area contributed by atoms with Crippen LogP contribution in [0.25, 0.3) is 6.08 Å². The summed E-state index contributed by atoms with van der Waals surface area (Å²) in [5, 5.41) is 25.9. The summed E-state index contributed by atoms with van der Waals surface area (Å²) in [7, 11) is 0. The maximum atomic E-state index is 11.1. The zero-order valence-electron chi connectivity index (χ0n) is 9.31. The molecule has 6 heteroatoms. The molecule has 1 unspecified atom stereocenters. The van der Waals surface area contributed by atoms with Crippen molar-refractivity contribution in [1.29, 1.82) is 0 Å². The first-order valence-corrected chi connectivity index (χ1v) is 5.04. The van der Waals surface area contributed by atoms with E-state index in [-0.39, 0.29) is 5.75 Å². The molecule has 0 aromatic heterocycles. The molecule has 0 fully saturated rings. The van der Waals surface area contributed by atoms with E-state index in [1.165, 1.54) is 18.2 Å². The molecular weight excluding hydrogens is 240 g/mol. The van der Waals surface area contributed by atoms with E-state index in [2.05, 4.69) is 0 Å². The van der Waals surface area contributed by atoms with E-state index < -0.39 is 24.6 Å². The molecule has 0 radical (unpaired) electrons. The van der Waals surface area contributed by atoms with Gasteiger partial charge in [0.25, 0.3) is 0 Å². The Morgan fingerprint density at radius 3 is 2.39 bits per heavy atom. The molecule has 0 heterocycles. The molecule has 1 rings (SSSR count). The van der Waals surface area contributed by atoms with Gasteiger partial charge in [-0.15, -0.1) is 0 Å². The largest absolute Gasteiger partial charge is 0.478 e. The van der Waals surface area contributed by atoms with Crippen LogP contribution >= 0.6 is 0 Å². The van der Waals surface area contributed by atoms with Gasteiger partial charge >= 0.3 is 11.9 Å². The average Bonchev–Trinajstić information content (AvgIpc) is 2.36. The highest BCUT2D eigenvalue weighted by atomic mass is 16.6. The number of benzene rings is 1. The molecule has 0 saturated heterocycles. The summed E-state index contributed by atoms with van der Waals surface area (Å²) >= 11 is 0. The van der Waals surface area contributed by atoms with E-state index in [1.54, 1.807) is 12.1 Å². The normalized spacial score (nSPS) is 12.3. The molecule has 1 aromatic carbocycles. The van der Waals surface area contributed by atoms with E-state index >= 15 is 0 Å². The van der Waals surface area contributed by atoms with Gasteiger partial charge in [0.1, 0.15) is 5.75 Å². The number of hydrogen-bond acceptors (Lipinski definition) is 5. The lowest BCUT2D eigenvalue weighted by Gasteiger charge is -2.07. The molecule has 3 N–H and O–H groups in total. The molecular formula is C12H12O6. The summed E-state index contributed by atoms with van der Waals surface area (Å²) in [5.41, 5.74) is 0.625. The Morgan fingerprint density at radius 1 is 1.28 bits per heavy atom.